The molecule has 0 saturated carbocycles. The summed E-state index contributed by atoms with van der Waals surface area (Å²) in [5.74, 6) is -0.737. The van der Waals surface area contributed by atoms with Crippen LogP contribution in [0, 0.1) is 11.3 Å². The van der Waals surface area contributed by atoms with Gasteiger partial charge in [-0.3, -0.25) is 9.59 Å². The Balaban J connectivity index is 4.31. The molecule has 0 aliphatic rings. The highest BCUT2D eigenvalue weighted by molar-refractivity contribution is 5.80. The van der Waals surface area contributed by atoms with Crippen molar-refractivity contribution in [3.05, 3.63) is 0 Å². The number of primary amides is 1. The predicted molar refractivity (Wildman–Crippen MR) is 68.0 cm³/mol. The number of hydrogen-bond donors (Lipinski definition) is 3. The molecule has 0 aromatic rings. The summed E-state index contributed by atoms with van der Waals surface area (Å²) in [6.45, 7) is 8.26. The molecule has 5 nitrogen and oxygen atoms in total. The van der Waals surface area contributed by atoms with Gasteiger partial charge in [-0.25, -0.2) is 0 Å². The molecule has 0 heterocycles. The van der Waals surface area contributed by atoms with Crippen LogP contribution >= 0.6 is 0 Å². The highest BCUT2D eigenvalue weighted by atomic mass is 16.2. The highest BCUT2D eigenvalue weighted by Crippen LogP contribution is 2.24. The van der Waals surface area contributed by atoms with Crippen molar-refractivity contribution >= 4 is 11.8 Å². The summed E-state index contributed by atoms with van der Waals surface area (Å²) in [6.07, 6.45) is 0.872. The van der Waals surface area contributed by atoms with Crippen LogP contribution in [0.5, 0.6) is 0 Å². The number of carbonyl (C=O) groups excluding carboxylic acids is 2. The molecule has 0 radical (unpaired) electrons. The molecule has 0 aromatic carbocycles. The van der Waals surface area contributed by atoms with Gasteiger partial charge in [0.15, 0.2) is 0 Å². The topological polar surface area (TPSA) is 98.2 Å². The second-order valence-corrected chi connectivity index (χ2v) is 5.78. The molecule has 5 heteroatoms. The number of carbonyl (C=O) groups is 2. The molecule has 0 bridgehead atoms. The molecule has 0 saturated heterocycles. The normalized spacial score (nSPS) is 15.1. The van der Waals surface area contributed by atoms with Crippen molar-refractivity contribution in [3.8, 4) is 0 Å². The fourth-order valence-electron chi connectivity index (χ4n) is 1.74. The van der Waals surface area contributed by atoms with Crippen molar-refractivity contribution in [1.29, 1.82) is 0 Å². The minimum absolute atomic E-state index is 0.0499. The molecule has 0 rings (SSSR count). The lowest BCUT2D eigenvalue weighted by atomic mass is 9.84. The summed E-state index contributed by atoms with van der Waals surface area (Å²) in [7, 11) is 0. The van der Waals surface area contributed by atoms with Gasteiger partial charge in [0.2, 0.25) is 11.8 Å². The molecule has 17 heavy (non-hydrogen) atoms. The van der Waals surface area contributed by atoms with Crippen LogP contribution in [0.1, 0.15) is 40.5 Å². The minimum atomic E-state index is -0.419. The van der Waals surface area contributed by atoms with Crippen LogP contribution in [0.15, 0.2) is 0 Å². The maximum atomic E-state index is 11.9. The van der Waals surface area contributed by atoms with Gasteiger partial charge in [-0.1, -0.05) is 20.8 Å². The average molecular weight is 243 g/mol. The van der Waals surface area contributed by atoms with Crippen molar-refractivity contribution in [2.45, 2.75) is 46.6 Å². The zero-order chi connectivity index (χ0) is 13.6. The molecule has 0 aromatic heterocycles. The summed E-state index contributed by atoms with van der Waals surface area (Å²) >= 11 is 0. The summed E-state index contributed by atoms with van der Waals surface area (Å²) in [4.78, 5) is 22.6. The van der Waals surface area contributed by atoms with Crippen LogP contribution in [0.4, 0.5) is 0 Å². The largest absolute Gasteiger partial charge is 0.370 e. The molecule has 0 spiro atoms. The average Bonchev–Trinajstić information content (AvgIpc) is 2.10. The van der Waals surface area contributed by atoms with Crippen LogP contribution < -0.4 is 16.8 Å². The molecule has 0 aliphatic heterocycles. The monoisotopic (exact) mass is 243 g/mol. The highest BCUT2D eigenvalue weighted by Gasteiger charge is 2.24. The van der Waals surface area contributed by atoms with Crippen LogP contribution in [-0.4, -0.2) is 24.4 Å². The van der Waals surface area contributed by atoms with Crippen LogP contribution in [-0.2, 0) is 9.59 Å². The van der Waals surface area contributed by atoms with Crippen LogP contribution in [0.3, 0.4) is 0 Å². The molecule has 2 amide bonds. The van der Waals surface area contributed by atoms with E-state index in [2.05, 4.69) is 26.1 Å². The first-order chi connectivity index (χ1) is 7.65. The number of rotatable bonds is 6. The maximum Gasteiger partial charge on any atom is 0.224 e. The van der Waals surface area contributed by atoms with E-state index in [0.29, 0.717) is 6.54 Å². The van der Waals surface area contributed by atoms with Gasteiger partial charge in [0.25, 0.3) is 0 Å². The summed E-state index contributed by atoms with van der Waals surface area (Å²) < 4.78 is 0. The van der Waals surface area contributed by atoms with Gasteiger partial charge in [-0.15, -0.1) is 0 Å². The van der Waals surface area contributed by atoms with E-state index < -0.39 is 5.91 Å². The Bertz CT molecular complexity index is 271. The first-order valence-corrected chi connectivity index (χ1v) is 5.94. The number of nitrogens with two attached hydrogens (primary N) is 2. The SMILES string of the molecule is CC(CC(N)=O)NC(=O)C(CN)CC(C)(C)C. The molecule has 0 fully saturated rings. The summed E-state index contributed by atoms with van der Waals surface area (Å²) in [5.41, 5.74) is 10.7. The Morgan fingerprint density at radius 3 is 2.18 bits per heavy atom. The van der Waals surface area contributed by atoms with Crippen LogP contribution in [0.2, 0.25) is 0 Å². The van der Waals surface area contributed by atoms with E-state index in [1.54, 1.807) is 6.92 Å². The summed E-state index contributed by atoms with van der Waals surface area (Å²) in [5, 5.41) is 2.77. The Hall–Kier alpha value is -1.10. The third-order valence-electron chi connectivity index (χ3n) is 2.41. The fourth-order valence-corrected chi connectivity index (χ4v) is 1.74. The van der Waals surface area contributed by atoms with Crippen molar-refractivity contribution in [2.75, 3.05) is 6.54 Å². The fraction of sp³-hybridized carbons (Fsp3) is 0.833. The van der Waals surface area contributed by atoms with Crippen molar-refractivity contribution in [1.82, 2.24) is 5.32 Å². The standard InChI is InChI=1S/C12H25N3O2/c1-8(5-10(14)16)15-11(17)9(7-13)6-12(2,3)4/h8-9H,5-7,13H2,1-4H3,(H2,14,16)(H,15,17). The van der Waals surface area contributed by atoms with E-state index in [4.69, 9.17) is 11.5 Å². The molecule has 100 valence electrons. The maximum absolute atomic E-state index is 11.9. The summed E-state index contributed by atoms with van der Waals surface area (Å²) in [6, 6.07) is -0.242. The van der Waals surface area contributed by atoms with E-state index in [9.17, 15) is 9.59 Å². The van der Waals surface area contributed by atoms with Crippen molar-refractivity contribution in [2.24, 2.45) is 22.8 Å². The van der Waals surface area contributed by atoms with E-state index in [1.165, 1.54) is 0 Å². The van der Waals surface area contributed by atoms with E-state index >= 15 is 0 Å². The number of amides is 2. The van der Waals surface area contributed by atoms with Gasteiger partial charge in [-0.05, 0) is 18.8 Å². The lowest BCUT2D eigenvalue weighted by Crippen LogP contribution is -2.42. The van der Waals surface area contributed by atoms with Gasteiger partial charge in [-0.2, -0.15) is 0 Å². The van der Waals surface area contributed by atoms with Gasteiger partial charge < -0.3 is 16.8 Å². The van der Waals surface area contributed by atoms with E-state index in [1.807, 2.05) is 0 Å². The van der Waals surface area contributed by atoms with Crippen LogP contribution in [0.25, 0.3) is 0 Å². The quantitative estimate of drug-likeness (QED) is 0.629. The molecule has 2 atom stereocenters. The van der Waals surface area contributed by atoms with Gasteiger partial charge in [0.1, 0.15) is 0 Å². The second-order valence-electron chi connectivity index (χ2n) is 5.78. The second kappa shape index (κ2) is 6.59. The zero-order valence-electron chi connectivity index (χ0n) is 11.2. The molecular formula is C12H25N3O2. The third-order valence-corrected chi connectivity index (χ3v) is 2.41. The predicted octanol–water partition coefficient (Wildman–Crippen LogP) is 0.378. The first kappa shape index (κ1) is 15.9. The minimum Gasteiger partial charge on any atom is -0.370 e. The van der Waals surface area contributed by atoms with Crippen molar-refractivity contribution in [3.63, 3.8) is 0 Å². The third kappa shape index (κ3) is 7.74. The smallest absolute Gasteiger partial charge is 0.224 e. The van der Waals surface area contributed by atoms with Gasteiger partial charge >= 0.3 is 0 Å². The Labute approximate surface area is 103 Å². The lowest BCUT2D eigenvalue weighted by Gasteiger charge is -2.25. The Morgan fingerprint density at radius 2 is 1.82 bits per heavy atom. The Kier molecular flexibility index (Phi) is 6.16. The van der Waals surface area contributed by atoms with Gasteiger partial charge in [0, 0.05) is 19.0 Å². The first-order valence-electron chi connectivity index (χ1n) is 5.94. The molecule has 2 unspecified atom stereocenters. The number of nitrogens with one attached hydrogen (secondary N) is 1. The zero-order valence-corrected chi connectivity index (χ0v) is 11.2. The van der Waals surface area contributed by atoms with Crippen molar-refractivity contribution < 1.29 is 9.59 Å². The van der Waals surface area contributed by atoms with Gasteiger partial charge in [0.05, 0.1) is 5.92 Å². The number of hydrogen-bond acceptors (Lipinski definition) is 3. The lowest BCUT2D eigenvalue weighted by molar-refractivity contribution is -0.126. The van der Waals surface area contributed by atoms with E-state index in [-0.39, 0.29) is 29.7 Å². The molecule has 5 N–H and O–H groups in total. The Morgan fingerprint density at radius 1 is 1.29 bits per heavy atom. The molecular weight excluding hydrogens is 218 g/mol. The molecule has 0 aliphatic carbocycles. The van der Waals surface area contributed by atoms with E-state index in [0.717, 1.165) is 6.42 Å².